The maximum atomic E-state index is 12.1. The van der Waals surface area contributed by atoms with Gasteiger partial charge in [-0.1, -0.05) is 12.1 Å². The highest BCUT2D eigenvalue weighted by Gasteiger charge is 2.21. The van der Waals surface area contributed by atoms with Crippen LogP contribution in [0.5, 0.6) is 5.75 Å². The molecule has 1 aliphatic rings. The third-order valence-corrected chi connectivity index (χ3v) is 3.55. The lowest BCUT2D eigenvalue weighted by Gasteiger charge is -2.18. The van der Waals surface area contributed by atoms with Crippen LogP contribution in [0.1, 0.15) is 25.3 Å². The van der Waals surface area contributed by atoms with Crippen LogP contribution in [0.4, 0.5) is 0 Å². The van der Waals surface area contributed by atoms with Gasteiger partial charge in [0.2, 0.25) is 5.91 Å². The van der Waals surface area contributed by atoms with Gasteiger partial charge in [0, 0.05) is 26.4 Å². The van der Waals surface area contributed by atoms with E-state index in [9.17, 15) is 14.4 Å². The molecule has 1 aromatic carbocycles. The second-order valence-corrected chi connectivity index (χ2v) is 5.50. The zero-order valence-electron chi connectivity index (χ0n) is 14.3. The van der Waals surface area contributed by atoms with Crippen LogP contribution in [0.15, 0.2) is 29.4 Å². The lowest BCUT2D eigenvalue weighted by molar-refractivity contribution is -0.146. The average molecular weight is 347 g/mol. The molecule has 2 amide bonds. The van der Waals surface area contributed by atoms with Crippen LogP contribution in [0.3, 0.4) is 0 Å². The van der Waals surface area contributed by atoms with Gasteiger partial charge in [0.1, 0.15) is 11.5 Å². The number of hydrogen-bond acceptors (Lipinski definition) is 6. The van der Waals surface area contributed by atoms with Crippen molar-refractivity contribution in [1.82, 2.24) is 10.3 Å². The first-order valence-electron chi connectivity index (χ1n) is 7.97. The van der Waals surface area contributed by atoms with Crippen LogP contribution in [-0.4, -0.2) is 48.7 Å². The molecule has 0 saturated carbocycles. The van der Waals surface area contributed by atoms with E-state index >= 15 is 0 Å². The molecule has 1 aromatic rings. The van der Waals surface area contributed by atoms with Gasteiger partial charge in [0.15, 0.2) is 6.61 Å². The summed E-state index contributed by atoms with van der Waals surface area (Å²) in [6.07, 6.45) is 0.389. The lowest BCUT2D eigenvalue weighted by Crippen LogP contribution is -2.34. The van der Waals surface area contributed by atoms with E-state index in [1.807, 2.05) is 31.2 Å². The Hall–Kier alpha value is -2.90. The monoisotopic (exact) mass is 347 g/mol. The molecule has 1 heterocycles. The Morgan fingerprint density at radius 3 is 2.56 bits per heavy atom. The largest absolute Gasteiger partial charge is 0.494 e. The number of benzene rings is 1. The van der Waals surface area contributed by atoms with Crippen molar-refractivity contribution >= 4 is 23.5 Å². The van der Waals surface area contributed by atoms with Gasteiger partial charge in [-0.3, -0.25) is 9.59 Å². The summed E-state index contributed by atoms with van der Waals surface area (Å²) < 4.78 is 10.3. The summed E-state index contributed by atoms with van der Waals surface area (Å²) >= 11 is 0. The van der Waals surface area contributed by atoms with Crippen molar-refractivity contribution in [3.05, 3.63) is 29.8 Å². The third-order valence-electron chi connectivity index (χ3n) is 3.55. The van der Waals surface area contributed by atoms with Gasteiger partial charge >= 0.3 is 5.97 Å². The van der Waals surface area contributed by atoms with Crippen molar-refractivity contribution in [2.75, 3.05) is 20.3 Å². The average Bonchev–Trinajstić information content (AvgIpc) is 2.61. The highest BCUT2D eigenvalue weighted by atomic mass is 16.5. The molecule has 0 radical (unpaired) electrons. The predicted molar refractivity (Wildman–Crippen MR) is 89.9 cm³/mol. The number of hydrogen-bond donors (Lipinski definition) is 1. The summed E-state index contributed by atoms with van der Waals surface area (Å²) in [5.41, 5.74) is 3.26. The molecule has 0 unspecified atom stereocenters. The first-order valence-corrected chi connectivity index (χ1v) is 7.97. The molecular weight excluding hydrogens is 326 g/mol. The first-order chi connectivity index (χ1) is 12.0. The lowest BCUT2D eigenvalue weighted by atomic mass is 10.2. The van der Waals surface area contributed by atoms with E-state index in [0.717, 1.165) is 11.3 Å². The van der Waals surface area contributed by atoms with Gasteiger partial charge in [-0.05, 0) is 24.6 Å². The Bertz CT molecular complexity index is 669. The summed E-state index contributed by atoms with van der Waals surface area (Å²) in [5.74, 6) is -0.497. The fourth-order valence-electron chi connectivity index (χ4n) is 2.16. The molecule has 0 aromatic heterocycles. The molecule has 134 valence electrons. The molecule has 0 fully saturated rings. The molecule has 0 atom stereocenters. The van der Waals surface area contributed by atoms with E-state index in [2.05, 4.69) is 10.5 Å². The van der Waals surface area contributed by atoms with Crippen LogP contribution >= 0.6 is 0 Å². The maximum Gasteiger partial charge on any atom is 0.355 e. The number of hydrazone groups is 1. The minimum atomic E-state index is -0.692. The minimum absolute atomic E-state index is 0.113. The van der Waals surface area contributed by atoms with Gasteiger partial charge in [-0.2, -0.15) is 5.10 Å². The van der Waals surface area contributed by atoms with Gasteiger partial charge in [-0.25, -0.2) is 10.2 Å². The van der Waals surface area contributed by atoms with Crippen LogP contribution in [0.2, 0.25) is 0 Å². The number of nitrogens with one attached hydrogen (secondary N) is 1. The molecule has 8 nitrogen and oxygen atoms in total. The second-order valence-electron chi connectivity index (χ2n) is 5.50. The number of ether oxygens (including phenoxy) is 2. The summed E-state index contributed by atoms with van der Waals surface area (Å²) in [6, 6.07) is 7.43. The number of esters is 1. The molecule has 0 aliphatic carbocycles. The summed E-state index contributed by atoms with van der Waals surface area (Å²) in [5, 5.41) is 3.63. The highest BCUT2D eigenvalue weighted by molar-refractivity contribution is 6.37. The number of likely N-dealkylation sites (N-methyl/N-ethyl adjacent to an activating group) is 1. The molecule has 1 aliphatic heterocycles. The number of nitrogens with zero attached hydrogens (tertiary/aromatic N) is 2. The summed E-state index contributed by atoms with van der Waals surface area (Å²) in [6.45, 7) is 2.52. The molecule has 0 saturated heterocycles. The van der Waals surface area contributed by atoms with E-state index in [-0.39, 0.29) is 37.0 Å². The number of carbonyl (C=O) groups is 3. The molecule has 8 heteroatoms. The molecule has 0 bridgehead atoms. The molecule has 1 N–H and O–H groups in total. The standard InChI is InChI=1S/C17H21N3O5/c1-3-24-13-6-4-12(5-7-13)10-20(2)16(22)11-25-17(23)14-8-9-15(21)19-18-14/h4-7H,3,8-11H2,1-2H3,(H,19,21). The maximum absolute atomic E-state index is 12.1. The zero-order chi connectivity index (χ0) is 18.2. The van der Waals surface area contributed by atoms with E-state index in [1.165, 1.54) is 4.90 Å². The Morgan fingerprint density at radius 2 is 1.96 bits per heavy atom. The summed E-state index contributed by atoms with van der Waals surface area (Å²) in [4.78, 5) is 36.3. The normalized spacial score (nSPS) is 13.5. The number of amides is 2. The smallest absolute Gasteiger partial charge is 0.355 e. The van der Waals surface area contributed by atoms with Crippen LogP contribution in [-0.2, 0) is 25.7 Å². The van der Waals surface area contributed by atoms with Crippen molar-refractivity contribution in [1.29, 1.82) is 0 Å². The number of carbonyl (C=O) groups excluding carboxylic acids is 3. The third kappa shape index (κ3) is 5.59. The van der Waals surface area contributed by atoms with Crippen molar-refractivity contribution < 1.29 is 23.9 Å². The fraction of sp³-hybridized carbons (Fsp3) is 0.412. The minimum Gasteiger partial charge on any atom is -0.494 e. The van der Waals surface area contributed by atoms with E-state index in [0.29, 0.717) is 13.2 Å². The summed E-state index contributed by atoms with van der Waals surface area (Å²) in [7, 11) is 1.63. The Labute approximate surface area is 145 Å². The fourth-order valence-corrected chi connectivity index (χ4v) is 2.16. The molecule has 2 rings (SSSR count). The van der Waals surface area contributed by atoms with Crippen LogP contribution in [0.25, 0.3) is 0 Å². The molecular formula is C17H21N3O5. The zero-order valence-corrected chi connectivity index (χ0v) is 14.3. The Balaban J connectivity index is 1.79. The van der Waals surface area contributed by atoms with Crippen molar-refractivity contribution in [2.45, 2.75) is 26.3 Å². The van der Waals surface area contributed by atoms with Gasteiger partial charge in [0.25, 0.3) is 5.91 Å². The van der Waals surface area contributed by atoms with Gasteiger partial charge in [0.05, 0.1) is 6.61 Å². The Kier molecular flexibility index (Phi) is 6.50. The first kappa shape index (κ1) is 18.4. The predicted octanol–water partition coefficient (Wildman–Crippen LogP) is 0.853. The van der Waals surface area contributed by atoms with Crippen molar-refractivity contribution in [3.63, 3.8) is 0 Å². The highest BCUT2D eigenvalue weighted by Crippen LogP contribution is 2.13. The number of rotatable bonds is 7. The quantitative estimate of drug-likeness (QED) is 0.738. The molecule has 25 heavy (non-hydrogen) atoms. The Morgan fingerprint density at radius 1 is 1.24 bits per heavy atom. The van der Waals surface area contributed by atoms with Gasteiger partial charge in [-0.15, -0.1) is 0 Å². The topological polar surface area (TPSA) is 97.3 Å². The van der Waals surface area contributed by atoms with Crippen LogP contribution < -0.4 is 10.2 Å². The van der Waals surface area contributed by atoms with Crippen LogP contribution in [0, 0.1) is 0 Å². The second kappa shape index (κ2) is 8.81. The SMILES string of the molecule is CCOc1ccc(CN(C)C(=O)COC(=O)C2=NNC(=O)CC2)cc1. The van der Waals surface area contributed by atoms with Gasteiger partial charge < -0.3 is 14.4 Å². The van der Waals surface area contributed by atoms with E-state index in [4.69, 9.17) is 9.47 Å². The van der Waals surface area contributed by atoms with Crippen molar-refractivity contribution in [2.24, 2.45) is 5.10 Å². The van der Waals surface area contributed by atoms with E-state index < -0.39 is 5.97 Å². The molecule has 0 spiro atoms. The van der Waals surface area contributed by atoms with E-state index in [1.54, 1.807) is 7.05 Å². The van der Waals surface area contributed by atoms with Crippen molar-refractivity contribution in [3.8, 4) is 5.75 Å².